The largest absolute Gasteiger partial charge is 0.305 e. The van der Waals surface area contributed by atoms with Gasteiger partial charge in [-0.1, -0.05) is 41.1 Å². The number of hydrogen-bond donors (Lipinski definition) is 0. The van der Waals surface area contributed by atoms with Crippen molar-refractivity contribution in [2.75, 3.05) is 0 Å². The molecular weight excluding hydrogens is 342 g/mol. The zero-order valence-corrected chi connectivity index (χ0v) is 14.7. The topological polar surface area (TPSA) is 82.9 Å². The molecule has 8 heteroatoms. The van der Waals surface area contributed by atoms with Gasteiger partial charge in [-0.25, -0.2) is 0 Å². The predicted molar refractivity (Wildman–Crippen MR) is 100 cm³/mol. The molecule has 0 N–H and O–H groups in total. The van der Waals surface area contributed by atoms with Crippen LogP contribution in [0.25, 0.3) is 28.3 Å². The van der Waals surface area contributed by atoms with E-state index in [9.17, 15) is 4.79 Å². The first-order valence-electron chi connectivity index (χ1n) is 8.50. The van der Waals surface area contributed by atoms with Crippen molar-refractivity contribution >= 4 is 16.9 Å². The third-order valence-corrected chi connectivity index (χ3v) is 4.50. The second-order valence-corrected chi connectivity index (χ2v) is 6.36. The van der Waals surface area contributed by atoms with E-state index in [-0.39, 0.29) is 11.1 Å². The van der Waals surface area contributed by atoms with Crippen molar-refractivity contribution in [2.45, 2.75) is 13.8 Å². The van der Waals surface area contributed by atoms with Gasteiger partial charge in [-0.05, 0) is 38.1 Å². The smallest absolute Gasteiger partial charge is 0.265 e. The monoisotopic (exact) mass is 357 g/mol. The molecule has 0 spiro atoms. The summed E-state index contributed by atoms with van der Waals surface area (Å²) < 4.78 is 4.70. The van der Waals surface area contributed by atoms with Gasteiger partial charge in [-0.3, -0.25) is 9.36 Å². The van der Waals surface area contributed by atoms with E-state index in [2.05, 4.69) is 15.4 Å². The van der Waals surface area contributed by atoms with Crippen molar-refractivity contribution in [1.82, 2.24) is 34.2 Å². The van der Waals surface area contributed by atoms with Crippen LogP contribution in [0.15, 0.2) is 59.4 Å². The maximum Gasteiger partial charge on any atom is 0.305 e. The predicted octanol–water partition coefficient (Wildman–Crippen LogP) is 2.23. The Hall–Kier alpha value is -3.81. The van der Waals surface area contributed by atoms with Crippen LogP contribution in [-0.2, 0) is 0 Å². The fraction of sp³-hybridized carbons (Fsp3) is 0.105. The summed E-state index contributed by atoms with van der Waals surface area (Å²) in [5, 5.41) is 12.5. The number of nitrogens with zero attached hydrogens (tertiary/aromatic N) is 7. The number of fused-ring (bicyclic) bond motifs is 2. The molecule has 0 atom stereocenters. The summed E-state index contributed by atoms with van der Waals surface area (Å²) in [7, 11) is 0. The molecule has 3 heterocycles. The Labute approximate surface area is 153 Å². The van der Waals surface area contributed by atoms with Gasteiger partial charge >= 0.3 is 5.56 Å². The molecule has 3 aromatic heterocycles. The molecule has 0 aliphatic carbocycles. The highest BCUT2D eigenvalue weighted by atomic mass is 16.1. The molecule has 0 aliphatic rings. The lowest BCUT2D eigenvalue weighted by Crippen LogP contribution is -2.17. The molecule has 0 radical (unpaired) electrons. The maximum atomic E-state index is 12.9. The van der Waals surface area contributed by atoms with Gasteiger partial charge in [-0.15, -0.1) is 10.2 Å². The van der Waals surface area contributed by atoms with E-state index in [1.165, 1.54) is 4.52 Å². The molecule has 0 saturated carbocycles. The minimum absolute atomic E-state index is 0.185. The van der Waals surface area contributed by atoms with Crippen molar-refractivity contribution in [3.05, 3.63) is 76.3 Å². The molecule has 5 aromatic rings. The van der Waals surface area contributed by atoms with E-state index in [4.69, 9.17) is 4.98 Å². The maximum absolute atomic E-state index is 12.9. The number of aryl methyl sites for hydroxylation is 2. The SMILES string of the molecule is Cc1ccc(-n2c(C)nn3c(=O)c4nnn(-c5ccccc5)c4nc23)cc1. The summed E-state index contributed by atoms with van der Waals surface area (Å²) in [5.41, 5.74) is 3.07. The Bertz CT molecular complexity index is 1340. The first-order valence-corrected chi connectivity index (χ1v) is 8.50. The van der Waals surface area contributed by atoms with Gasteiger partial charge in [0.1, 0.15) is 5.82 Å². The van der Waals surface area contributed by atoms with Crippen molar-refractivity contribution in [3.63, 3.8) is 0 Å². The fourth-order valence-electron chi connectivity index (χ4n) is 3.16. The lowest BCUT2D eigenvalue weighted by Gasteiger charge is -2.06. The van der Waals surface area contributed by atoms with Crippen molar-refractivity contribution < 1.29 is 0 Å². The molecule has 0 aliphatic heterocycles. The third kappa shape index (κ3) is 2.27. The van der Waals surface area contributed by atoms with E-state index in [0.717, 1.165) is 16.9 Å². The number of benzene rings is 2. The molecule has 8 nitrogen and oxygen atoms in total. The van der Waals surface area contributed by atoms with Gasteiger partial charge in [0, 0.05) is 0 Å². The quantitative estimate of drug-likeness (QED) is 0.484. The molecule has 2 aromatic carbocycles. The molecular formula is C19H15N7O. The molecule has 27 heavy (non-hydrogen) atoms. The van der Waals surface area contributed by atoms with Crippen molar-refractivity contribution in [1.29, 1.82) is 0 Å². The minimum Gasteiger partial charge on any atom is -0.265 e. The Morgan fingerprint density at radius 1 is 0.889 bits per heavy atom. The Balaban J connectivity index is 1.86. The Kier molecular flexibility index (Phi) is 3.20. The van der Waals surface area contributed by atoms with Crippen LogP contribution >= 0.6 is 0 Å². The summed E-state index contributed by atoms with van der Waals surface area (Å²) in [4.78, 5) is 17.6. The van der Waals surface area contributed by atoms with E-state index < -0.39 is 0 Å². The first-order chi connectivity index (χ1) is 13.1. The molecule has 5 rings (SSSR count). The third-order valence-electron chi connectivity index (χ3n) is 4.50. The van der Waals surface area contributed by atoms with E-state index in [0.29, 0.717) is 17.2 Å². The van der Waals surface area contributed by atoms with Crippen molar-refractivity contribution in [3.8, 4) is 11.4 Å². The summed E-state index contributed by atoms with van der Waals surface area (Å²) >= 11 is 0. The van der Waals surface area contributed by atoms with Crippen LogP contribution in [0.4, 0.5) is 0 Å². The average molecular weight is 357 g/mol. The highest BCUT2D eigenvalue weighted by Gasteiger charge is 2.19. The average Bonchev–Trinajstić information content (AvgIpc) is 3.25. The fourth-order valence-corrected chi connectivity index (χ4v) is 3.16. The van der Waals surface area contributed by atoms with Gasteiger partial charge in [0.2, 0.25) is 5.78 Å². The molecule has 0 bridgehead atoms. The molecule has 132 valence electrons. The van der Waals surface area contributed by atoms with Crippen LogP contribution in [0.2, 0.25) is 0 Å². The zero-order chi connectivity index (χ0) is 18.5. The molecule has 0 unspecified atom stereocenters. The number of para-hydroxylation sites is 1. The number of aromatic nitrogens is 7. The molecule has 0 amide bonds. The van der Waals surface area contributed by atoms with Gasteiger partial charge in [0.15, 0.2) is 11.2 Å². The summed E-state index contributed by atoms with van der Waals surface area (Å²) in [5.74, 6) is 1.09. The second kappa shape index (κ2) is 5.60. The van der Waals surface area contributed by atoms with Crippen LogP contribution < -0.4 is 5.56 Å². The molecule has 0 fully saturated rings. The van der Waals surface area contributed by atoms with Gasteiger partial charge in [-0.2, -0.15) is 14.2 Å². The van der Waals surface area contributed by atoms with E-state index in [1.54, 1.807) is 4.68 Å². The van der Waals surface area contributed by atoms with E-state index >= 15 is 0 Å². The summed E-state index contributed by atoms with van der Waals surface area (Å²) in [6.07, 6.45) is 0. The highest BCUT2D eigenvalue weighted by Crippen LogP contribution is 2.17. The number of rotatable bonds is 2. The van der Waals surface area contributed by atoms with Gasteiger partial charge < -0.3 is 0 Å². The van der Waals surface area contributed by atoms with Crippen LogP contribution in [0.3, 0.4) is 0 Å². The van der Waals surface area contributed by atoms with Crippen LogP contribution in [0, 0.1) is 13.8 Å². The normalized spacial score (nSPS) is 11.5. The summed E-state index contributed by atoms with van der Waals surface area (Å²) in [6, 6.07) is 17.5. The second-order valence-electron chi connectivity index (χ2n) is 6.36. The Morgan fingerprint density at radius 3 is 2.37 bits per heavy atom. The summed E-state index contributed by atoms with van der Waals surface area (Å²) in [6.45, 7) is 3.87. The van der Waals surface area contributed by atoms with Gasteiger partial charge in [0.05, 0.1) is 11.4 Å². The highest BCUT2D eigenvalue weighted by molar-refractivity contribution is 5.73. The van der Waals surface area contributed by atoms with E-state index in [1.807, 2.05) is 73.0 Å². The van der Waals surface area contributed by atoms with Crippen LogP contribution in [-0.4, -0.2) is 34.2 Å². The zero-order valence-electron chi connectivity index (χ0n) is 14.7. The van der Waals surface area contributed by atoms with Crippen LogP contribution in [0.5, 0.6) is 0 Å². The van der Waals surface area contributed by atoms with Crippen molar-refractivity contribution in [2.24, 2.45) is 0 Å². The first kappa shape index (κ1) is 15.4. The minimum atomic E-state index is -0.342. The lowest BCUT2D eigenvalue weighted by molar-refractivity contribution is 0.817. The number of hydrogen-bond acceptors (Lipinski definition) is 5. The van der Waals surface area contributed by atoms with Crippen LogP contribution in [0.1, 0.15) is 11.4 Å². The Morgan fingerprint density at radius 2 is 1.63 bits per heavy atom. The lowest BCUT2D eigenvalue weighted by atomic mass is 10.2. The van der Waals surface area contributed by atoms with Gasteiger partial charge in [0.25, 0.3) is 0 Å². The molecule has 0 saturated heterocycles. The standard InChI is InChI=1S/C19H15N7O/c1-12-8-10-14(11-9-12)24-13(2)22-26-18(27)16-17(20-19(24)26)25(23-21-16)15-6-4-3-5-7-15/h3-11H,1-2H3.